The summed E-state index contributed by atoms with van der Waals surface area (Å²) < 4.78 is 0. The monoisotopic (exact) mass is 346 g/mol. The van der Waals surface area contributed by atoms with Gasteiger partial charge in [-0.3, -0.25) is 15.0 Å². The van der Waals surface area contributed by atoms with E-state index in [0.717, 1.165) is 0 Å². The number of likely N-dealkylation sites (N-methyl/N-ethyl adjacent to an activating group) is 1. The summed E-state index contributed by atoms with van der Waals surface area (Å²) in [6, 6.07) is -1.12. The summed E-state index contributed by atoms with van der Waals surface area (Å²) in [6.45, 7) is 6.34. The van der Waals surface area contributed by atoms with Gasteiger partial charge in [0.05, 0.1) is 6.04 Å². The fourth-order valence-corrected chi connectivity index (χ4v) is 2.22. The van der Waals surface area contributed by atoms with Crippen molar-refractivity contribution in [3.8, 4) is 0 Å². The van der Waals surface area contributed by atoms with Crippen LogP contribution in [0.4, 0.5) is 0 Å². The molecule has 23 heavy (non-hydrogen) atoms. The quantitative estimate of drug-likeness (QED) is 0.127. The van der Waals surface area contributed by atoms with Crippen LogP contribution in [0, 0.1) is 5.41 Å². The number of nitrogens with one attached hydrogen (secondary N) is 5. The Bertz CT molecular complexity index is 411. The molecule has 0 radical (unpaired) electrons. The second-order valence-corrected chi connectivity index (χ2v) is 6.65. The van der Waals surface area contributed by atoms with E-state index >= 15 is 0 Å². The van der Waals surface area contributed by atoms with Gasteiger partial charge in [0.2, 0.25) is 11.8 Å². The lowest BCUT2D eigenvalue weighted by Gasteiger charge is -2.28. The van der Waals surface area contributed by atoms with Crippen molar-refractivity contribution in [3.63, 3.8) is 0 Å². The topological polar surface area (TPSA) is 132 Å². The first-order valence-electron chi connectivity index (χ1n) is 7.59. The Morgan fingerprint density at radius 2 is 1.83 bits per heavy atom. The third-order valence-corrected chi connectivity index (χ3v) is 3.34. The van der Waals surface area contributed by atoms with Gasteiger partial charge in [0, 0.05) is 24.9 Å². The van der Waals surface area contributed by atoms with Gasteiger partial charge < -0.3 is 27.0 Å². The van der Waals surface area contributed by atoms with Gasteiger partial charge in [-0.15, -0.1) is 0 Å². The molecule has 0 fully saturated rings. The summed E-state index contributed by atoms with van der Waals surface area (Å²) in [5.41, 5.74) is 4.96. The third-order valence-electron chi connectivity index (χ3n) is 2.97. The minimum Gasteiger partial charge on any atom is -0.370 e. The van der Waals surface area contributed by atoms with Crippen molar-refractivity contribution in [1.82, 2.24) is 21.3 Å². The maximum atomic E-state index is 12.4. The summed E-state index contributed by atoms with van der Waals surface area (Å²) in [6.07, 6.45) is 1.04. The zero-order valence-corrected chi connectivity index (χ0v) is 15.2. The molecule has 0 saturated heterocycles. The number of hydrogen-bond acceptors (Lipinski definition) is 5. The van der Waals surface area contributed by atoms with Crippen molar-refractivity contribution in [2.45, 2.75) is 51.2 Å². The van der Waals surface area contributed by atoms with Crippen LogP contribution in [0.5, 0.6) is 0 Å². The average molecular weight is 347 g/mol. The van der Waals surface area contributed by atoms with Gasteiger partial charge in [0.25, 0.3) is 0 Å². The molecule has 0 aromatic carbocycles. The molecule has 8 nitrogen and oxygen atoms in total. The highest BCUT2D eigenvalue weighted by Gasteiger charge is 2.26. The Kier molecular flexibility index (Phi) is 9.66. The number of guanidine groups is 1. The predicted octanol–water partition coefficient (Wildman–Crippen LogP) is -0.833. The summed E-state index contributed by atoms with van der Waals surface area (Å²) in [7, 11) is 1.53. The number of hydrogen-bond donors (Lipinski definition) is 7. The maximum absolute atomic E-state index is 12.4. The van der Waals surface area contributed by atoms with E-state index in [2.05, 4.69) is 33.9 Å². The molecule has 9 heteroatoms. The molecule has 134 valence electrons. The molecule has 0 spiro atoms. The molecule has 0 aromatic rings. The van der Waals surface area contributed by atoms with Crippen LogP contribution in [0.2, 0.25) is 0 Å². The van der Waals surface area contributed by atoms with E-state index in [1.165, 1.54) is 7.05 Å². The Hall–Kier alpha value is -1.48. The molecule has 7 N–H and O–H groups in total. The second kappa shape index (κ2) is 10.3. The molecular weight excluding hydrogens is 316 g/mol. The summed E-state index contributed by atoms with van der Waals surface area (Å²) in [4.78, 5) is 24.3. The zero-order chi connectivity index (χ0) is 18.0. The highest BCUT2D eigenvalue weighted by Crippen LogP contribution is 2.04. The Morgan fingerprint density at radius 3 is 2.26 bits per heavy atom. The molecular formula is C14H30N6O2S. The Morgan fingerprint density at radius 1 is 1.22 bits per heavy atom. The smallest absolute Gasteiger partial charge is 0.242 e. The standard InChI is InChI=1S/C14H30N6O2S/c1-14(2,3)20-10(8-23)12(22)19-9(11(21)17-4)6-5-7-18-13(15)16/h9-10,20,23H,5-8H2,1-4H3,(H,17,21)(H,19,22)(H4,15,16,18). The lowest BCUT2D eigenvalue weighted by atomic mass is 10.1. The number of thiol groups is 1. The molecule has 0 bridgehead atoms. The van der Waals surface area contributed by atoms with E-state index in [0.29, 0.717) is 25.1 Å². The van der Waals surface area contributed by atoms with E-state index in [1.54, 1.807) is 0 Å². The van der Waals surface area contributed by atoms with Crippen LogP contribution in [0.3, 0.4) is 0 Å². The molecule has 0 aliphatic rings. The first-order valence-corrected chi connectivity index (χ1v) is 8.22. The van der Waals surface area contributed by atoms with Crippen LogP contribution in [0.1, 0.15) is 33.6 Å². The van der Waals surface area contributed by atoms with Crippen LogP contribution >= 0.6 is 12.6 Å². The van der Waals surface area contributed by atoms with E-state index in [9.17, 15) is 9.59 Å². The highest BCUT2D eigenvalue weighted by molar-refractivity contribution is 7.80. The van der Waals surface area contributed by atoms with Gasteiger partial charge >= 0.3 is 0 Å². The lowest BCUT2D eigenvalue weighted by molar-refractivity contribution is -0.129. The Balaban J connectivity index is 4.64. The zero-order valence-electron chi connectivity index (χ0n) is 14.3. The van der Waals surface area contributed by atoms with Crippen molar-refractivity contribution in [3.05, 3.63) is 0 Å². The van der Waals surface area contributed by atoms with Gasteiger partial charge in [-0.2, -0.15) is 12.6 Å². The third kappa shape index (κ3) is 10.0. The Labute approximate surface area is 143 Å². The summed E-state index contributed by atoms with van der Waals surface area (Å²) in [5, 5.41) is 18.2. The van der Waals surface area contributed by atoms with Crippen molar-refractivity contribution in [1.29, 1.82) is 5.41 Å². The largest absolute Gasteiger partial charge is 0.370 e. The molecule has 0 rings (SSSR count). The van der Waals surface area contributed by atoms with Gasteiger partial charge in [-0.05, 0) is 33.6 Å². The lowest BCUT2D eigenvalue weighted by Crippen LogP contribution is -2.56. The molecule has 2 atom stereocenters. The van der Waals surface area contributed by atoms with Crippen molar-refractivity contribution in [2.75, 3.05) is 19.3 Å². The van der Waals surface area contributed by atoms with Gasteiger partial charge in [-0.25, -0.2) is 0 Å². The summed E-state index contributed by atoms with van der Waals surface area (Å²) >= 11 is 4.20. The SMILES string of the molecule is CNC(=O)C(CCCNC(=N)N)NC(=O)C(CS)NC(C)(C)C. The molecule has 0 heterocycles. The van der Waals surface area contributed by atoms with Gasteiger partial charge in [-0.1, -0.05) is 0 Å². The van der Waals surface area contributed by atoms with Gasteiger partial charge in [0.1, 0.15) is 6.04 Å². The maximum Gasteiger partial charge on any atom is 0.242 e. The van der Waals surface area contributed by atoms with E-state index < -0.39 is 12.1 Å². The van der Waals surface area contributed by atoms with E-state index in [-0.39, 0.29) is 23.3 Å². The highest BCUT2D eigenvalue weighted by atomic mass is 32.1. The molecule has 2 amide bonds. The second-order valence-electron chi connectivity index (χ2n) is 6.29. The number of rotatable bonds is 9. The number of carbonyl (C=O) groups excluding carboxylic acids is 2. The predicted molar refractivity (Wildman–Crippen MR) is 95.7 cm³/mol. The molecule has 0 aliphatic carbocycles. The van der Waals surface area contributed by atoms with Crippen LogP contribution in [-0.4, -0.2) is 54.7 Å². The van der Waals surface area contributed by atoms with E-state index in [4.69, 9.17) is 11.1 Å². The van der Waals surface area contributed by atoms with Crippen LogP contribution in [0.15, 0.2) is 0 Å². The van der Waals surface area contributed by atoms with E-state index in [1.807, 2.05) is 20.8 Å². The minimum absolute atomic E-state index is 0.116. The average Bonchev–Trinajstić information content (AvgIpc) is 2.45. The minimum atomic E-state index is -0.634. The molecule has 0 saturated carbocycles. The molecule has 0 aromatic heterocycles. The van der Waals surface area contributed by atoms with Crippen molar-refractivity contribution >= 4 is 30.4 Å². The van der Waals surface area contributed by atoms with Crippen molar-refractivity contribution in [2.24, 2.45) is 5.73 Å². The normalized spacial score (nSPS) is 13.8. The first-order chi connectivity index (χ1) is 10.6. The van der Waals surface area contributed by atoms with Gasteiger partial charge in [0.15, 0.2) is 5.96 Å². The number of amides is 2. The fraction of sp³-hybridized carbons (Fsp3) is 0.786. The fourth-order valence-electron chi connectivity index (χ4n) is 1.96. The molecule has 0 aliphatic heterocycles. The van der Waals surface area contributed by atoms with Crippen LogP contribution in [-0.2, 0) is 9.59 Å². The molecule has 2 unspecified atom stereocenters. The number of nitrogens with two attached hydrogens (primary N) is 1. The van der Waals surface area contributed by atoms with Crippen LogP contribution < -0.4 is 27.0 Å². The first kappa shape index (κ1) is 21.5. The number of carbonyl (C=O) groups is 2. The van der Waals surface area contributed by atoms with Crippen LogP contribution in [0.25, 0.3) is 0 Å². The van der Waals surface area contributed by atoms with Crippen molar-refractivity contribution < 1.29 is 9.59 Å². The summed E-state index contributed by atoms with van der Waals surface area (Å²) in [5.74, 6) is -0.303.